The minimum atomic E-state index is -3.99. The van der Waals surface area contributed by atoms with Crippen LogP contribution in [-0.4, -0.2) is 48.7 Å². The van der Waals surface area contributed by atoms with Crippen molar-refractivity contribution in [3.63, 3.8) is 0 Å². The highest BCUT2D eigenvalue weighted by Crippen LogP contribution is 2.29. The Balaban J connectivity index is 1.97. The van der Waals surface area contributed by atoms with Gasteiger partial charge in [0.05, 0.1) is 5.92 Å². The van der Waals surface area contributed by atoms with E-state index in [0.717, 1.165) is 0 Å². The summed E-state index contributed by atoms with van der Waals surface area (Å²) in [5, 5.41) is 20.2. The van der Waals surface area contributed by atoms with Crippen molar-refractivity contribution in [2.24, 2.45) is 21.7 Å². The van der Waals surface area contributed by atoms with Crippen molar-refractivity contribution in [1.29, 1.82) is 0 Å². The van der Waals surface area contributed by atoms with Crippen LogP contribution in [0.25, 0.3) is 0 Å². The van der Waals surface area contributed by atoms with Crippen molar-refractivity contribution in [2.45, 2.75) is 31.3 Å². The lowest BCUT2D eigenvalue weighted by Crippen LogP contribution is -2.49. The third kappa shape index (κ3) is 9.57. The van der Waals surface area contributed by atoms with Gasteiger partial charge in [-0.1, -0.05) is 72.8 Å². The number of hydrogen-bond acceptors (Lipinski definition) is 6. The molecule has 0 radical (unpaired) electrons. The van der Waals surface area contributed by atoms with Crippen molar-refractivity contribution in [1.82, 2.24) is 10.2 Å². The van der Waals surface area contributed by atoms with E-state index >= 15 is 0 Å². The molecule has 0 aliphatic heterocycles. The monoisotopic (exact) mass is 596 g/mol. The summed E-state index contributed by atoms with van der Waals surface area (Å²) in [7, 11) is -3.99. The Morgan fingerprint density at radius 2 is 1.48 bits per heavy atom. The molecule has 3 aromatic rings. The van der Waals surface area contributed by atoms with Crippen LogP contribution in [0.15, 0.2) is 90.0 Å². The summed E-state index contributed by atoms with van der Waals surface area (Å²) < 4.78 is 24.9. The van der Waals surface area contributed by atoms with Crippen molar-refractivity contribution in [2.75, 3.05) is 11.3 Å². The van der Waals surface area contributed by atoms with Crippen LogP contribution in [0, 0.1) is 10.1 Å². The number of anilines is 1. The number of benzene rings is 3. The molecule has 3 aromatic carbocycles. The zero-order chi connectivity index (χ0) is 30.7. The highest BCUT2D eigenvalue weighted by atomic mass is 32.2. The quantitative estimate of drug-likeness (QED) is 0.0595. The van der Waals surface area contributed by atoms with E-state index < -0.39 is 39.1 Å². The van der Waals surface area contributed by atoms with Crippen molar-refractivity contribution >= 4 is 33.7 Å². The maximum atomic E-state index is 14.4. The number of hydrazone groups is 1. The average Bonchev–Trinajstić information content (AvgIpc) is 2.93. The number of nitrogens with two attached hydrogens (primary N) is 3. The first-order valence-corrected chi connectivity index (χ1v) is 14.3. The Kier molecular flexibility index (Phi) is 10.9. The topological polar surface area (TPSA) is 229 Å². The second-order valence-electron chi connectivity index (χ2n) is 9.27. The summed E-state index contributed by atoms with van der Waals surface area (Å²) in [5.41, 5.74) is 13.5. The zero-order valence-corrected chi connectivity index (χ0v) is 23.3. The number of nitro groups is 1. The number of nitrogens with one attached hydrogen (secondary N) is 2. The molecule has 14 nitrogen and oxygen atoms in total. The van der Waals surface area contributed by atoms with Gasteiger partial charge in [0.25, 0.3) is 16.2 Å². The Morgan fingerprint density at radius 1 is 0.929 bits per heavy atom. The molecule has 0 aliphatic rings. The first-order valence-electron chi connectivity index (χ1n) is 12.8. The third-order valence-corrected chi connectivity index (χ3v) is 6.74. The smallest absolute Gasteiger partial charge is 0.296 e. The van der Waals surface area contributed by atoms with Crippen molar-refractivity contribution in [3.8, 4) is 0 Å². The van der Waals surface area contributed by atoms with E-state index in [-0.39, 0.29) is 37.5 Å². The predicted octanol–water partition coefficient (Wildman–Crippen LogP) is 1.19. The normalized spacial score (nSPS) is 12.4. The maximum Gasteiger partial charge on any atom is 0.296 e. The lowest BCUT2D eigenvalue weighted by atomic mass is 9.89. The number of carbonyl (C=O) groups excluding carboxylic acids is 2. The fourth-order valence-electron chi connectivity index (χ4n) is 4.40. The number of primary amides is 1. The van der Waals surface area contributed by atoms with Crippen LogP contribution in [0.2, 0.25) is 0 Å². The van der Waals surface area contributed by atoms with Crippen LogP contribution >= 0.6 is 0 Å². The highest BCUT2D eigenvalue weighted by molar-refractivity contribution is 7.90. The second kappa shape index (κ2) is 14.6. The molecular formula is C27H32N8O6S. The van der Waals surface area contributed by atoms with E-state index in [9.17, 15) is 28.1 Å². The van der Waals surface area contributed by atoms with Gasteiger partial charge in [-0.15, -0.1) is 0 Å². The second-order valence-corrected chi connectivity index (χ2v) is 10.6. The average molecular weight is 597 g/mol. The van der Waals surface area contributed by atoms with E-state index in [4.69, 9.17) is 16.6 Å². The standard InChI is InChI=1S/C27H32N8O6S/c28-25(36)23(12-7-17-31-27(29)32-35(38)39)34(18-19-13-15-22(16-14-19)33-42(30,40)41)26(37)24(20-8-3-1-4-9-20)21-10-5-2-6-11-21/h1-6,8-11,13-16,23-24,33H,7,12,17-18H2,(H2,28,36)(H3,29,31,32)(H2,30,40,41)/t23-/m1/s1. The molecule has 0 bridgehead atoms. The van der Waals surface area contributed by atoms with Gasteiger partial charge in [-0.05, 0) is 41.7 Å². The maximum absolute atomic E-state index is 14.4. The van der Waals surface area contributed by atoms with Gasteiger partial charge in [0, 0.05) is 18.8 Å². The molecule has 0 saturated carbocycles. The van der Waals surface area contributed by atoms with E-state index in [1.165, 1.54) is 17.0 Å². The number of carbonyl (C=O) groups is 2. The largest absolute Gasteiger partial charge is 0.368 e. The number of rotatable bonds is 14. The molecule has 0 unspecified atom stereocenters. The van der Waals surface area contributed by atoms with Crippen LogP contribution in [0.4, 0.5) is 5.69 Å². The lowest BCUT2D eigenvalue weighted by Gasteiger charge is -2.33. The van der Waals surface area contributed by atoms with Gasteiger partial charge in [-0.25, -0.2) is 15.3 Å². The van der Waals surface area contributed by atoms with Gasteiger partial charge in [-0.2, -0.15) is 8.42 Å². The van der Waals surface area contributed by atoms with E-state index in [1.54, 1.807) is 12.1 Å². The molecule has 222 valence electrons. The molecule has 0 fully saturated rings. The summed E-state index contributed by atoms with van der Waals surface area (Å²) in [4.78, 5) is 39.1. The Labute approximate surface area is 242 Å². The summed E-state index contributed by atoms with van der Waals surface area (Å²) in [6.45, 7) is 0.0975. The fraction of sp³-hybridized carbons (Fsp3) is 0.222. The SMILES string of the molecule is NC(=O)[C@@H](CCCNC(N)=N[N+](=O)[O-])N(Cc1ccc(NS(N)(=O)=O)cc1)C(=O)C(c1ccccc1)c1ccccc1. The predicted molar refractivity (Wildman–Crippen MR) is 157 cm³/mol. The highest BCUT2D eigenvalue weighted by Gasteiger charge is 2.34. The minimum Gasteiger partial charge on any atom is -0.368 e. The number of nitrogens with zero attached hydrogens (tertiary/aromatic N) is 3. The van der Waals surface area contributed by atoms with E-state index in [0.29, 0.717) is 16.7 Å². The Hall–Kier alpha value is -5.02. The molecular weight excluding hydrogens is 564 g/mol. The molecule has 2 amide bonds. The Morgan fingerprint density at radius 3 is 1.95 bits per heavy atom. The summed E-state index contributed by atoms with van der Waals surface area (Å²) in [5.74, 6) is -2.29. The molecule has 0 heterocycles. The zero-order valence-electron chi connectivity index (χ0n) is 22.5. The van der Waals surface area contributed by atoms with Crippen molar-refractivity contribution < 1.29 is 23.0 Å². The number of amides is 2. The summed E-state index contributed by atoms with van der Waals surface area (Å²) in [6, 6.07) is 23.3. The molecule has 3 rings (SSSR count). The van der Waals surface area contributed by atoms with E-state index in [2.05, 4.69) is 15.1 Å². The lowest BCUT2D eigenvalue weighted by molar-refractivity contribution is -0.485. The van der Waals surface area contributed by atoms with Gasteiger partial charge in [-0.3, -0.25) is 14.3 Å². The minimum absolute atomic E-state index is 0.0311. The summed E-state index contributed by atoms with van der Waals surface area (Å²) in [6.07, 6.45) is 0.380. The molecule has 0 aromatic heterocycles. The van der Waals surface area contributed by atoms with E-state index in [1.807, 2.05) is 60.7 Å². The fourth-order valence-corrected chi connectivity index (χ4v) is 4.87. The number of guanidine groups is 1. The van der Waals surface area contributed by atoms with Crippen LogP contribution in [0.5, 0.6) is 0 Å². The molecule has 42 heavy (non-hydrogen) atoms. The van der Waals surface area contributed by atoms with Gasteiger partial charge >= 0.3 is 0 Å². The van der Waals surface area contributed by atoms with Gasteiger partial charge in [0.2, 0.25) is 11.8 Å². The van der Waals surface area contributed by atoms with Gasteiger partial charge < -0.3 is 21.7 Å². The van der Waals surface area contributed by atoms with Crippen LogP contribution < -0.4 is 26.6 Å². The third-order valence-electron chi connectivity index (χ3n) is 6.22. The van der Waals surface area contributed by atoms with Crippen LogP contribution in [0.3, 0.4) is 0 Å². The molecule has 0 spiro atoms. The first-order chi connectivity index (χ1) is 19.9. The van der Waals surface area contributed by atoms with Crippen LogP contribution in [-0.2, 0) is 26.3 Å². The number of hydrogen-bond donors (Lipinski definition) is 5. The van der Waals surface area contributed by atoms with Crippen molar-refractivity contribution in [3.05, 3.63) is 112 Å². The molecule has 0 aliphatic carbocycles. The van der Waals surface area contributed by atoms with Gasteiger partial charge in [0.1, 0.15) is 11.1 Å². The Bertz CT molecular complexity index is 1460. The molecule has 1 atom stereocenters. The van der Waals surface area contributed by atoms with Gasteiger partial charge in [0.15, 0.2) is 5.03 Å². The first kappa shape index (κ1) is 31.5. The van der Waals surface area contributed by atoms with Crippen LogP contribution in [0.1, 0.15) is 35.4 Å². The molecule has 8 N–H and O–H groups in total. The summed E-state index contributed by atoms with van der Waals surface area (Å²) >= 11 is 0. The molecule has 0 saturated heterocycles. The molecule has 15 heteroatoms.